The summed E-state index contributed by atoms with van der Waals surface area (Å²) in [5.74, 6) is -0.169. The van der Waals surface area contributed by atoms with Crippen molar-refractivity contribution < 1.29 is 4.79 Å². The number of hydrogen-bond acceptors (Lipinski definition) is 4. The average Bonchev–Trinajstić information content (AvgIpc) is 3.01. The Bertz CT molecular complexity index is 1160. The Morgan fingerprint density at radius 3 is 2.70 bits per heavy atom. The maximum atomic E-state index is 12.6. The number of carbonyl (C=O) groups excluding carboxylic acids is 1. The summed E-state index contributed by atoms with van der Waals surface area (Å²) in [6.45, 7) is 3.73. The Hall–Kier alpha value is -2.76. The zero-order valence-corrected chi connectivity index (χ0v) is 16.4. The fourth-order valence-electron chi connectivity index (χ4n) is 3.05. The largest absolute Gasteiger partial charge is 0.321 e. The first-order chi connectivity index (χ1) is 13.0. The van der Waals surface area contributed by atoms with E-state index in [1.54, 1.807) is 18.3 Å². The molecule has 1 N–H and O–H groups in total. The standard InChI is InChI=1S/C21H16ClN3OS/c1-12-20(27-13(2)24-12)21(26)25-15-7-8-18(22)17(11-15)19-16-6-4-3-5-14(16)9-10-23-19/h3-11H,1-2H3,(H,25,26). The molecule has 0 bridgehead atoms. The fraction of sp³-hybridized carbons (Fsp3) is 0.0952. The van der Waals surface area contributed by atoms with E-state index < -0.39 is 0 Å². The quantitative estimate of drug-likeness (QED) is 0.472. The van der Waals surface area contributed by atoms with Crippen molar-refractivity contribution in [1.82, 2.24) is 9.97 Å². The third kappa shape index (κ3) is 3.44. The molecule has 134 valence electrons. The third-order valence-electron chi connectivity index (χ3n) is 4.26. The molecule has 0 aliphatic carbocycles. The molecule has 0 radical (unpaired) electrons. The van der Waals surface area contributed by atoms with Gasteiger partial charge in [-0.3, -0.25) is 9.78 Å². The van der Waals surface area contributed by atoms with Crippen LogP contribution in [0.3, 0.4) is 0 Å². The van der Waals surface area contributed by atoms with Crippen LogP contribution in [0.25, 0.3) is 22.0 Å². The highest BCUT2D eigenvalue weighted by molar-refractivity contribution is 7.13. The third-order valence-corrected chi connectivity index (χ3v) is 5.66. The molecule has 4 nitrogen and oxygen atoms in total. The summed E-state index contributed by atoms with van der Waals surface area (Å²) < 4.78 is 0. The second-order valence-corrected chi connectivity index (χ2v) is 7.79. The number of pyridine rings is 1. The van der Waals surface area contributed by atoms with Crippen LogP contribution >= 0.6 is 22.9 Å². The molecule has 0 saturated carbocycles. The van der Waals surface area contributed by atoms with Gasteiger partial charge in [-0.2, -0.15) is 0 Å². The van der Waals surface area contributed by atoms with Crippen molar-refractivity contribution in [2.24, 2.45) is 0 Å². The number of hydrogen-bond donors (Lipinski definition) is 1. The van der Waals surface area contributed by atoms with Crippen molar-refractivity contribution in [3.63, 3.8) is 0 Å². The first-order valence-electron chi connectivity index (χ1n) is 8.42. The molecular formula is C21H16ClN3OS. The molecule has 27 heavy (non-hydrogen) atoms. The summed E-state index contributed by atoms with van der Waals surface area (Å²) in [7, 11) is 0. The number of aryl methyl sites for hydroxylation is 2. The molecule has 0 atom stereocenters. The van der Waals surface area contributed by atoms with Gasteiger partial charge in [0.25, 0.3) is 5.91 Å². The van der Waals surface area contributed by atoms with Gasteiger partial charge in [0, 0.05) is 22.8 Å². The number of amides is 1. The molecule has 0 fully saturated rings. The van der Waals surface area contributed by atoms with Gasteiger partial charge < -0.3 is 5.32 Å². The molecule has 4 aromatic rings. The number of thiazole rings is 1. The van der Waals surface area contributed by atoms with Crippen LogP contribution in [0.5, 0.6) is 0 Å². The molecule has 2 aromatic carbocycles. The summed E-state index contributed by atoms with van der Waals surface area (Å²) in [6.07, 6.45) is 1.77. The molecule has 0 aliphatic rings. The maximum absolute atomic E-state index is 12.6. The number of nitrogens with one attached hydrogen (secondary N) is 1. The number of halogens is 1. The van der Waals surface area contributed by atoms with Gasteiger partial charge in [-0.25, -0.2) is 4.98 Å². The lowest BCUT2D eigenvalue weighted by Gasteiger charge is -2.11. The molecule has 1 amide bonds. The van der Waals surface area contributed by atoms with Crippen molar-refractivity contribution >= 4 is 45.3 Å². The van der Waals surface area contributed by atoms with E-state index >= 15 is 0 Å². The van der Waals surface area contributed by atoms with E-state index in [4.69, 9.17) is 11.6 Å². The first kappa shape index (κ1) is 17.6. The summed E-state index contributed by atoms with van der Waals surface area (Å²) in [5, 5.41) is 6.50. The smallest absolute Gasteiger partial charge is 0.267 e. The highest BCUT2D eigenvalue weighted by atomic mass is 35.5. The minimum absolute atomic E-state index is 0.169. The normalized spacial score (nSPS) is 10.9. The lowest BCUT2D eigenvalue weighted by molar-refractivity contribution is 0.103. The Morgan fingerprint density at radius 2 is 1.93 bits per heavy atom. The summed E-state index contributed by atoms with van der Waals surface area (Å²) in [6, 6.07) is 15.4. The predicted octanol–water partition coefficient (Wildman–Crippen LogP) is 5.88. The summed E-state index contributed by atoms with van der Waals surface area (Å²) >= 11 is 7.84. The number of aromatic nitrogens is 2. The molecule has 2 heterocycles. The van der Waals surface area contributed by atoms with Crippen molar-refractivity contribution in [3.8, 4) is 11.3 Å². The van der Waals surface area contributed by atoms with E-state index in [1.807, 2.05) is 50.2 Å². The van der Waals surface area contributed by atoms with E-state index in [1.165, 1.54) is 11.3 Å². The van der Waals surface area contributed by atoms with Crippen molar-refractivity contribution in [2.75, 3.05) is 5.32 Å². The lowest BCUT2D eigenvalue weighted by Crippen LogP contribution is -2.11. The molecule has 0 saturated heterocycles. The minimum atomic E-state index is -0.169. The first-order valence-corrected chi connectivity index (χ1v) is 9.61. The second kappa shape index (κ2) is 7.10. The lowest BCUT2D eigenvalue weighted by atomic mass is 10.0. The Morgan fingerprint density at radius 1 is 1.11 bits per heavy atom. The Balaban J connectivity index is 1.74. The number of fused-ring (bicyclic) bond motifs is 1. The average molecular weight is 394 g/mol. The van der Waals surface area contributed by atoms with Gasteiger partial charge in [0.1, 0.15) is 4.88 Å². The van der Waals surface area contributed by atoms with E-state index in [-0.39, 0.29) is 5.91 Å². The minimum Gasteiger partial charge on any atom is -0.321 e. The Kier molecular flexibility index (Phi) is 4.64. The molecule has 4 rings (SSSR count). The van der Waals surface area contributed by atoms with E-state index in [0.29, 0.717) is 15.6 Å². The molecule has 0 unspecified atom stereocenters. The van der Waals surface area contributed by atoms with E-state index in [2.05, 4.69) is 15.3 Å². The Labute approximate surface area is 165 Å². The highest BCUT2D eigenvalue weighted by Gasteiger charge is 2.15. The SMILES string of the molecule is Cc1nc(C)c(C(=O)Nc2ccc(Cl)c(-c3nccc4ccccc34)c2)s1. The topological polar surface area (TPSA) is 54.9 Å². The van der Waals surface area contributed by atoms with Crippen LogP contribution in [-0.4, -0.2) is 15.9 Å². The van der Waals surface area contributed by atoms with Crippen LogP contribution in [0.1, 0.15) is 20.4 Å². The van der Waals surface area contributed by atoms with E-state index in [9.17, 15) is 4.79 Å². The van der Waals surface area contributed by atoms with Gasteiger partial charge in [0.05, 0.1) is 21.4 Å². The molecule has 2 aromatic heterocycles. The molecular weight excluding hydrogens is 378 g/mol. The van der Waals surface area contributed by atoms with Crippen molar-refractivity contribution in [3.05, 3.63) is 75.3 Å². The second-order valence-electron chi connectivity index (χ2n) is 6.18. The van der Waals surface area contributed by atoms with Crippen LogP contribution in [0.15, 0.2) is 54.7 Å². The fourth-order valence-corrected chi connectivity index (χ4v) is 4.07. The monoisotopic (exact) mass is 393 g/mol. The molecule has 0 aliphatic heterocycles. The summed E-state index contributed by atoms with van der Waals surface area (Å²) in [4.78, 5) is 22.1. The van der Waals surface area contributed by atoms with Gasteiger partial charge >= 0.3 is 0 Å². The van der Waals surface area contributed by atoms with Crippen LogP contribution in [0.4, 0.5) is 5.69 Å². The van der Waals surface area contributed by atoms with Crippen molar-refractivity contribution in [2.45, 2.75) is 13.8 Å². The van der Waals surface area contributed by atoms with E-state index in [0.717, 1.165) is 32.7 Å². The van der Waals surface area contributed by atoms with Crippen LogP contribution in [0.2, 0.25) is 5.02 Å². The number of anilines is 1. The van der Waals surface area contributed by atoms with Gasteiger partial charge in [0.15, 0.2) is 0 Å². The number of benzene rings is 2. The maximum Gasteiger partial charge on any atom is 0.267 e. The molecule has 0 spiro atoms. The molecule has 6 heteroatoms. The number of nitrogens with zero attached hydrogens (tertiary/aromatic N) is 2. The van der Waals surface area contributed by atoms with Crippen LogP contribution in [0, 0.1) is 13.8 Å². The van der Waals surface area contributed by atoms with Gasteiger partial charge in [-0.15, -0.1) is 11.3 Å². The van der Waals surface area contributed by atoms with Gasteiger partial charge in [-0.05, 0) is 43.5 Å². The van der Waals surface area contributed by atoms with Gasteiger partial charge in [0.2, 0.25) is 0 Å². The summed E-state index contributed by atoms with van der Waals surface area (Å²) in [5.41, 5.74) is 2.97. The van der Waals surface area contributed by atoms with Crippen molar-refractivity contribution in [1.29, 1.82) is 0 Å². The van der Waals surface area contributed by atoms with Gasteiger partial charge in [-0.1, -0.05) is 35.9 Å². The zero-order chi connectivity index (χ0) is 19.0. The van der Waals surface area contributed by atoms with Crippen LogP contribution < -0.4 is 5.32 Å². The van der Waals surface area contributed by atoms with Crippen LogP contribution in [-0.2, 0) is 0 Å². The highest BCUT2D eigenvalue weighted by Crippen LogP contribution is 2.34. The number of carbonyl (C=O) groups is 1. The number of rotatable bonds is 3. The zero-order valence-electron chi connectivity index (χ0n) is 14.8. The predicted molar refractivity (Wildman–Crippen MR) is 112 cm³/mol.